The van der Waals surface area contributed by atoms with E-state index in [1.165, 1.54) is 5.56 Å². The predicted octanol–water partition coefficient (Wildman–Crippen LogP) is 2.51. The lowest BCUT2D eigenvalue weighted by atomic mass is 10.0. The molecule has 6 heteroatoms. The van der Waals surface area contributed by atoms with Crippen molar-refractivity contribution in [2.75, 3.05) is 13.2 Å². The third kappa shape index (κ3) is 4.10. The van der Waals surface area contributed by atoms with E-state index in [2.05, 4.69) is 15.8 Å². The first-order valence-electron chi connectivity index (χ1n) is 7.76. The molecule has 0 saturated carbocycles. The highest BCUT2D eigenvalue weighted by atomic mass is 32.1. The highest BCUT2D eigenvalue weighted by Gasteiger charge is 2.12. The molecule has 0 aliphatic heterocycles. The smallest absolute Gasteiger partial charge is 0.251 e. The fourth-order valence-corrected chi connectivity index (χ4v) is 3.18. The Labute approximate surface area is 144 Å². The minimum atomic E-state index is -0.146. The van der Waals surface area contributed by atoms with Gasteiger partial charge in [0.1, 0.15) is 0 Å². The van der Waals surface area contributed by atoms with Crippen LogP contribution in [0.25, 0.3) is 5.69 Å². The van der Waals surface area contributed by atoms with Crippen molar-refractivity contribution in [2.45, 2.75) is 6.42 Å². The Morgan fingerprint density at radius 2 is 2.25 bits per heavy atom. The molecule has 1 atom stereocenters. The molecule has 124 valence electrons. The SMILES string of the molecule is O=C(NCC(CO)Cc1ccsc1)c1cccc(-n2cccn2)c1. The lowest BCUT2D eigenvalue weighted by Crippen LogP contribution is -2.31. The highest BCUT2D eigenvalue weighted by molar-refractivity contribution is 7.07. The standard InChI is InChI=1S/C18H19N3O2S/c22-12-15(9-14-5-8-24-13-14)11-19-18(23)16-3-1-4-17(10-16)21-7-2-6-20-21/h1-8,10,13,15,22H,9,11-12H2,(H,19,23). The van der Waals surface area contributed by atoms with E-state index in [1.807, 2.05) is 35.8 Å². The van der Waals surface area contributed by atoms with E-state index in [4.69, 9.17) is 0 Å². The molecule has 0 saturated heterocycles. The van der Waals surface area contributed by atoms with Gasteiger partial charge in [-0.25, -0.2) is 4.68 Å². The van der Waals surface area contributed by atoms with Crippen molar-refractivity contribution in [3.8, 4) is 5.69 Å². The van der Waals surface area contributed by atoms with Gasteiger partial charge in [0.25, 0.3) is 5.91 Å². The van der Waals surface area contributed by atoms with Crippen molar-refractivity contribution in [1.29, 1.82) is 0 Å². The van der Waals surface area contributed by atoms with Crippen LogP contribution >= 0.6 is 11.3 Å². The molecule has 0 aliphatic carbocycles. The largest absolute Gasteiger partial charge is 0.396 e. The van der Waals surface area contributed by atoms with Gasteiger partial charge in [0.05, 0.1) is 5.69 Å². The molecule has 5 nitrogen and oxygen atoms in total. The van der Waals surface area contributed by atoms with Crippen molar-refractivity contribution in [3.63, 3.8) is 0 Å². The summed E-state index contributed by atoms with van der Waals surface area (Å²) in [6.45, 7) is 0.487. The van der Waals surface area contributed by atoms with Gasteiger partial charge in [0, 0.05) is 37.0 Å². The van der Waals surface area contributed by atoms with Gasteiger partial charge in [-0.3, -0.25) is 4.79 Å². The Balaban J connectivity index is 1.61. The zero-order valence-electron chi connectivity index (χ0n) is 13.1. The Bertz CT molecular complexity index is 769. The van der Waals surface area contributed by atoms with Crippen LogP contribution < -0.4 is 5.32 Å². The third-order valence-electron chi connectivity index (χ3n) is 3.79. The van der Waals surface area contributed by atoms with Crippen LogP contribution in [-0.4, -0.2) is 33.9 Å². The number of amides is 1. The maximum Gasteiger partial charge on any atom is 0.251 e. The average molecular weight is 341 g/mol. The van der Waals surface area contributed by atoms with E-state index in [0.717, 1.165) is 12.1 Å². The number of carbonyl (C=O) groups excluding carboxylic acids is 1. The number of nitrogens with zero attached hydrogens (tertiary/aromatic N) is 2. The minimum absolute atomic E-state index is 0.0119. The summed E-state index contributed by atoms with van der Waals surface area (Å²) in [4.78, 5) is 12.4. The van der Waals surface area contributed by atoms with E-state index in [1.54, 1.807) is 34.3 Å². The van der Waals surface area contributed by atoms with Crippen LogP contribution in [0.5, 0.6) is 0 Å². The summed E-state index contributed by atoms with van der Waals surface area (Å²) >= 11 is 1.64. The second-order valence-corrected chi connectivity index (χ2v) is 6.38. The molecule has 0 fully saturated rings. The second kappa shape index (κ2) is 7.90. The molecule has 0 radical (unpaired) electrons. The quantitative estimate of drug-likeness (QED) is 0.694. The second-order valence-electron chi connectivity index (χ2n) is 5.60. The zero-order chi connectivity index (χ0) is 16.8. The summed E-state index contributed by atoms with van der Waals surface area (Å²) in [5.41, 5.74) is 2.61. The molecule has 0 bridgehead atoms. The molecule has 2 aromatic heterocycles. The number of benzene rings is 1. The van der Waals surface area contributed by atoms with Crippen LogP contribution in [0.1, 0.15) is 15.9 Å². The van der Waals surface area contributed by atoms with Crippen molar-refractivity contribution >= 4 is 17.2 Å². The fraction of sp³-hybridized carbons (Fsp3) is 0.222. The van der Waals surface area contributed by atoms with Crippen LogP contribution in [0.3, 0.4) is 0 Å². The maximum absolute atomic E-state index is 12.4. The van der Waals surface area contributed by atoms with Crippen molar-refractivity contribution in [1.82, 2.24) is 15.1 Å². The number of thiophene rings is 1. The molecule has 0 spiro atoms. The van der Waals surface area contributed by atoms with Gasteiger partial charge in [0.2, 0.25) is 0 Å². The Morgan fingerprint density at radius 3 is 2.96 bits per heavy atom. The molecule has 1 unspecified atom stereocenters. The van der Waals surface area contributed by atoms with E-state index < -0.39 is 0 Å². The van der Waals surface area contributed by atoms with Gasteiger partial charge >= 0.3 is 0 Å². The van der Waals surface area contributed by atoms with Gasteiger partial charge in [0.15, 0.2) is 0 Å². The maximum atomic E-state index is 12.4. The van der Waals surface area contributed by atoms with Gasteiger partial charge < -0.3 is 10.4 Å². The number of carbonyl (C=O) groups is 1. The summed E-state index contributed by atoms with van der Waals surface area (Å²) in [5, 5.41) is 20.7. The minimum Gasteiger partial charge on any atom is -0.396 e. The summed E-state index contributed by atoms with van der Waals surface area (Å²) in [7, 11) is 0. The number of aliphatic hydroxyl groups excluding tert-OH is 1. The first kappa shape index (κ1) is 16.4. The Kier molecular flexibility index (Phi) is 5.40. The van der Waals surface area contributed by atoms with Crippen molar-refractivity contribution < 1.29 is 9.90 Å². The lowest BCUT2D eigenvalue weighted by Gasteiger charge is -2.14. The first-order chi connectivity index (χ1) is 11.8. The van der Waals surface area contributed by atoms with Gasteiger partial charge in [-0.05, 0) is 53.1 Å². The normalized spacial score (nSPS) is 12.0. The number of aromatic nitrogens is 2. The Morgan fingerprint density at radius 1 is 1.33 bits per heavy atom. The molecule has 3 rings (SSSR count). The molecule has 1 amide bonds. The zero-order valence-corrected chi connectivity index (χ0v) is 13.9. The first-order valence-corrected chi connectivity index (χ1v) is 8.71. The number of hydrogen-bond acceptors (Lipinski definition) is 4. The van der Waals surface area contributed by atoms with Gasteiger partial charge in [-0.15, -0.1) is 0 Å². The highest BCUT2D eigenvalue weighted by Crippen LogP contribution is 2.13. The van der Waals surface area contributed by atoms with Gasteiger partial charge in [-0.1, -0.05) is 6.07 Å². The number of hydrogen-bond donors (Lipinski definition) is 2. The molecular weight excluding hydrogens is 322 g/mol. The molecule has 3 aromatic rings. The summed E-state index contributed by atoms with van der Waals surface area (Å²) in [5.74, 6) is -0.134. The van der Waals surface area contributed by atoms with Crippen LogP contribution in [0.15, 0.2) is 59.6 Å². The number of aliphatic hydroxyl groups is 1. The van der Waals surface area contributed by atoms with E-state index in [-0.39, 0.29) is 18.4 Å². The summed E-state index contributed by atoms with van der Waals surface area (Å²) in [6.07, 6.45) is 4.29. The topological polar surface area (TPSA) is 67.2 Å². The molecular formula is C18H19N3O2S. The van der Waals surface area contributed by atoms with Crippen LogP contribution in [0, 0.1) is 5.92 Å². The number of nitrogens with one attached hydrogen (secondary N) is 1. The summed E-state index contributed by atoms with van der Waals surface area (Å²) < 4.78 is 1.71. The monoisotopic (exact) mass is 341 g/mol. The average Bonchev–Trinajstić information content (AvgIpc) is 3.32. The van der Waals surface area contributed by atoms with Crippen LogP contribution in [0.2, 0.25) is 0 Å². The van der Waals surface area contributed by atoms with E-state index >= 15 is 0 Å². The lowest BCUT2D eigenvalue weighted by molar-refractivity contribution is 0.0940. The molecule has 1 aromatic carbocycles. The van der Waals surface area contributed by atoms with Crippen molar-refractivity contribution in [2.24, 2.45) is 5.92 Å². The predicted molar refractivity (Wildman–Crippen MR) is 94.5 cm³/mol. The van der Waals surface area contributed by atoms with E-state index in [0.29, 0.717) is 12.1 Å². The fourth-order valence-electron chi connectivity index (χ4n) is 2.49. The van der Waals surface area contributed by atoms with Crippen LogP contribution in [-0.2, 0) is 6.42 Å². The summed E-state index contributed by atoms with van der Waals surface area (Å²) in [6, 6.07) is 11.2. The molecule has 2 heterocycles. The third-order valence-corrected chi connectivity index (χ3v) is 4.52. The van der Waals surface area contributed by atoms with Crippen LogP contribution in [0.4, 0.5) is 0 Å². The molecule has 24 heavy (non-hydrogen) atoms. The molecule has 0 aliphatic rings. The number of rotatable bonds is 7. The molecule has 2 N–H and O–H groups in total. The van der Waals surface area contributed by atoms with E-state index in [9.17, 15) is 9.90 Å². The van der Waals surface area contributed by atoms with Crippen molar-refractivity contribution in [3.05, 3.63) is 70.7 Å². The van der Waals surface area contributed by atoms with Gasteiger partial charge in [-0.2, -0.15) is 16.4 Å². The Hall–Kier alpha value is -2.44.